The third kappa shape index (κ3) is 4.68. The van der Waals surface area contributed by atoms with Gasteiger partial charge >= 0.3 is 0 Å². The molecule has 21 heavy (non-hydrogen) atoms. The van der Waals surface area contributed by atoms with Gasteiger partial charge in [0, 0.05) is 18.2 Å². The Morgan fingerprint density at radius 1 is 1.24 bits per heavy atom. The zero-order valence-corrected chi connectivity index (χ0v) is 13.7. The van der Waals surface area contributed by atoms with E-state index in [1.165, 1.54) is 0 Å². The van der Waals surface area contributed by atoms with E-state index in [4.69, 9.17) is 26.8 Å². The van der Waals surface area contributed by atoms with E-state index >= 15 is 0 Å². The summed E-state index contributed by atoms with van der Waals surface area (Å²) >= 11 is 5.97. The lowest BCUT2D eigenvalue weighted by Crippen LogP contribution is -2.35. The summed E-state index contributed by atoms with van der Waals surface area (Å²) in [6.45, 7) is 2.09. The highest BCUT2D eigenvalue weighted by Gasteiger charge is 2.28. The quantitative estimate of drug-likeness (QED) is 0.860. The average Bonchev–Trinajstić information content (AvgIpc) is 2.53. The maximum absolute atomic E-state index is 6.35. The molecule has 1 fully saturated rings. The van der Waals surface area contributed by atoms with Crippen LogP contribution in [0, 0.1) is 0 Å². The Bertz CT molecular complexity index is 423. The minimum atomic E-state index is -0.0760. The number of ether oxygens (including phenoxy) is 2. The summed E-state index contributed by atoms with van der Waals surface area (Å²) in [6.07, 6.45) is 5.66. The van der Waals surface area contributed by atoms with E-state index in [9.17, 15) is 0 Å². The maximum Gasteiger partial charge on any atom is 0.0979 e. The van der Waals surface area contributed by atoms with E-state index in [2.05, 4.69) is 6.92 Å². The van der Waals surface area contributed by atoms with E-state index in [1.807, 2.05) is 24.3 Å². The maximum atomic E-state index is 6.35. The first-order valence-corrected chi connectivity index (χ1v) is 8.21. The monoisotopic (exact) mass is 311 g/mol. The van der Waals surface area contributed by atoms with Crippen molar-refractivity contribution in [1.29, 1.82) is 0 Å². The highest BCUT2D eigenvalue weighted by molar-refractivity contribution is 6.30. The molecule has 0 bridgehead atoms. The second-order valence-corrected chi connectivity index (χ2v) is 6.26. The van der Waals surface area contributed by atoms with Crippen molar-refractivity contribution in [3.8, 4) is 0 Å². The Morgan fingerprint density at radius 3 is 2.52 bits per heavy atom. The molecule has 0 spiro atoms. The summed E-state index contributed by atoms with van der Waals surface area (Å²) in [7, 11) is 1.78. The second kappa shape index (κ2) is 8.14. The van der Waals surface area contributed by atoms with Crippen molar-refractivity contribution in [1.82, 2.24) is 0 Å². The number of halogens is 1. The topological polar surface area (TPSA) is 44.5 Å². The predicted octanol–water partition coefficient (Wildman–Crippen LogP) is 4.09. The molecule has 0 aliphatic heterocycles. The first kappa shape index (κ1) is 16.8. The van der Waals surface area contributed by atoms with E-state index in [0.717, 1.165) is 42.7 Å². The van der Waals surface area contributed by atoms with Gasteiger partial charge in [0.1, 0.15) is 0 Å². The van der Waals surface area contributed by atoms with Crippen LogP contribution in [0.15, 0.2) is 24.3 Å². The molecule has 0 radical (unpaired) electrons. The summed E-state index contributed by atoms with van der Waals surface area (Å²) in [4.78, 5) is 0. The van der Waals surface area contributed by atoms with Gasteiger partial charge < -0.3 is 15.2 Å². The molecule has 4 unspecified atom stereocenters. The molecule has 0 saturated heterocycles. The molecule has 118 valence electrons. The molecule has 0 aromatic heterocycles. The van der Waals surface area contributed by atoms with Gasteiger partial charge in [-0.3, -0.25) is 0 Å². The van der Waals surface area contributed by atoms with Gasteiger partial charge in [0.05, 0.1) is 18.3 Å². The first-order chi connectivity index (χ1) is 10.1. The average molecular weight is 312 g/mol. The van der Waals surface area contributed by atoms with E-state index in [1.54, 1.807) is 7.11 Å². The Hall–Kier alpha value is -0.610. The number of methoxy groups -OCH3 is 1. The summed E-state index contributed by atoms with van der Waals surface area (Å²) in [5.74, 6) is 0. The van der Waals surface area contributed by atoms with Gasteiger partial charge in [-0.2, -0.15) is 0 Å². The lowest BCUT2D eigenvalue weighted by Gasteiger charge is -2.33. The van der Waals surface area contributed by atoms with Crippen LogP contribution in [0.4, 0.5) is 0 Å². The van der Waals surface area contributed by atoms with Crippen LogP contribution < -0.4 is 5.73 Å². The Morgan fingerprint density at radius 2 is 1.90 bits per heavy atom. The summed E-state index contributed by atoms with van der Waals surface area (Å²) in [5.41, 5.74) is 7.39. The van der Waals surface area contributed by atoms with Crippen molar-refractivity contribution in [3.05, 3.63) is 34.9 Å². The molecule has 4 heteroatoms. The Kier molecular flexibility index (Phi) is 6.49. The zero-order valence-electron chi connectivity index (χ0n) is 12.9. The van der Waals surface area contributed by atoms with Crippen molar-refractivity contribution < 1.29 is 9.47 Å². The van der Waals surface area contributed by atoms with Crippen molar-refractivity contribution in [2.24, 2.45) is 5.73 Å². The molecule has 0 amide bonds. The van der Waals surface area contributed by atoms with E-state index in [-0.39, 0.29) is 18.2 Å². The normalized spacial score (nSPS) is 25.5. The minimum absolute atomic E-state index is 0.00547. The third-order valence-electron chi connectivity index (χ3n) is 4.31. The van der Waals surface area contributed by atoms with Gasteiger partial charge in [0.2, 0.25) is 0 Å². The molecule has 2 N–H and O–H groups in total. The molecule has 1 aliphatic rings. The molecule has 0 heterocycles. The largest absolute Gasteiger partial charge is 0.381 e. The van der Waals surface area contributed by atoms with Crippen LogP contribution in [-0.4, -0.2) is 25.4 Å². The fourth-order valence-corrected chi connectivity index (χ4v) is 3.07. The van der Waals surface area contributed by atoms with Crippen molar-refractivity contribution >= 4 is 11.6 Å². The van der Waals surface area contributed by atoms with E-state index < -0.39 is 0 Å². The fourth-order valence-electron chi connectivity index (χ4n) is 2.94. The lowest BCUT2D eigenvalue weighted by molar-refractivity contribution is -0.0745. The number of benzene rings is 1. The summed E-state index contributed by atoms with van der Waals surface area (Å²) < 4.78 is 11.8. The number of nitrogens with two attached hydrogens (primary N) is 1. The van der Waals surface area contributed by atoms with Crippen molar-refractivity contribution in [3.63, 3.8) is 0 Å². The van der Waals surface area contributed by atoms with Gasteiger partial charge in [-0.1, -0.05) is 30.7 Å². The van der Waals surface area contributed by atoms with Crippen LogP contribution in [0.2, 0.25) is 5.02 Å². The Balaban J connectivity index is 2.07. The number of rotatable bonds is 6. The molecule has 1 aromatic rings. The molecule has 1 aliphatic carbocycles. The predicted molar refractivity (Wildman–Crippen MR) is 86.6 cm³/mol. The SMILES string of the molecule is CCC(N)C(OC1CCCC(OC)C1)c1ccc(Cl)cc1. The van der Waals surface area contributed by atoms with Crippen molar-refractivity contribution in [2.75, 3.05) is 7.11 Å². The van der Waals surface area contributed by atoms with Gasteiger partial charge in [-0.25, -0.2) is 0 Å². The molecule has 1 saturated carbocycles. The van der Waals surface area contributed by atoms with Gasteiger partial charge in [-0.05, 0) is 49.8 Å². The number of hydrogen-bond acceptors (Lipinski definition) is 3. The highest BCUT2D eigenvalue weighted by atomic mass is 35.5. The number of hydrogen-bond donors (Lipinski definition) is 1. The highest BCUT2D eigenvalue weighted by Crippen LogP contribution is 2.31. The van der Waals surface area contributed by atoms with Crippen LogP contribution in [0.25, 0.3) is 0 Å². The van der Waals surface area contributed by atoms with Crippen LogP contribution in [0.1, 0.15) is 50.7 Å². The van der Waals surface area contributed by atoms with Crippen LogP contribution in [0.3, 0.4) is 0 Å². The third-order valence-corrected chi connectivity index (χ3v) is 4.56. The molecular formula is C17H26ClNO2. The minimum Gasteiger partial charge on any atom is -0.381 e. The molecule has 4 atom stereocenters. The summed E-state index contributed by atoms with van der Waals surface area (Å²) in [5, 5.41) is 0.736. The standard InChI is InChI=1S/C17H26ClNO2/c1-3-16(19)17(12-7-9-13(18)10-8-12)21-15-6-4-5-14(11-15)20-2/h7-10,14-17H,3-6,11,19H2,1-2H3. The molecular weight excluding hydrogens is 286 g/mol. The van der Waals surface area contributed by atoms with Crippen LogP contribution in [0.5, 0.6) is 0 Å². The molecule has 1 aromatic carbocycles. The summed E-state index contributed by atoms with van der Waals surface area (Å²) in [6, 6.07) is 7.82. The second-order valence-electron chi connectivity index (χ2n) is 5.83. The molecule has 2 rings (SSSR count). The van der Waals surface area contributed by atoms with Gasteiger partial charge in [0.25, 0.3) is 0 Å². The van der Waals surface area contributed by atoms with Crippen LogP contribution in [-0.2, 0) is 9.47 Å². The fraction of sp³-hybridized carbons (Fsp3) is 0.647. The van der Waals surface area contributed by atoms with Crippen molar-refractivity contribution in [2.45, 2.75) is 63.4 Å². The lowest BCUT2D eigenvalue weighted by atomic mass is 9.93. The first-order valence-electron chi connectivity index (χ1n) is 7.83. The zero-order chi connectivity index (χ0) is 15.2. The molecule has 3 nitrogen and oxygen atoms in total. The van der Waals surface area contributed by atoms with Crippen LogP contribution >= 0.6 is 11.6 Å². The smallest absolute Gasteiger partial charge is 0.0979 e. The van der Waals surface area contributed by atoms with E-state index in [0.29, 0.717) is 6.10 Å². The Labute approximate surface area is 132 Å². The van der Waals surface area contributed by atoms with Gasteiger partial charge in [-0.15, -0.1) is 0 Å². The van der Waals surface area contributed by atoms with Gasteiger partial charge in [0.15, 0.2) is 0 Å².